The summed E-state index contributed by atoms with van der Waals surface area (Å²) in [4.78, 5) is 14.3. The van der Waals surface area contributed by atoms with Gasteiger partial charge in [0.05, 0.1) is 0 Å². The first-order chi connectivity index (χ1) is 9.69. The molecule has 1 aromatic carbocycles. The molecule has 0 N–H and O–H groups in total. The number of unbranched alkanes of at least 4 members (excludes halogenated alkanes) is 1. The number of nitro groups is 1. The van der Waals surface area contributed by atoms with Crippen LogP contribution in [-0.2, 0) is 6.42 Å². The molecule has 106 valence electrons. The summed E-state index contributed by atoms with van der Waals surface area (Å²) in [7, 11) is 0. The van der Waals surface area contributed by atoms with Crippen molar-refractivity contribution in [3.05, 3.63) is 52.1 Å². The van der Waals surface area contributed by atoms with E-state index in [1.54, 1.807) is 6.08 Å². The van der Waals surface area contributed by atoms with Crippen LogP contribution in [0.5, 0.6) is 5.75 Å². The summed E-state index contributed by atoms with van der Waals surface area (Å²) in [5, 5.41) is 10.6. The van der Waals surface area contributed by atoms with Gasteiger partial charge in [-0.2, -0.15) is 0 Å². The van der Waals surface area contributed by atoms with Crippen LogP contribution in [0.15, 0.2) is 41.4 Å². The lowest BCUT2D eigenvalue weighted by atomic mass is 10.1. The smallest absolute Gasteiger partial charge is 0.251 e. The lowest BCUT2D eigenvalue weighted by molar-refractivity contribution is -0.506. The largest absolute Gasteiger partial charge is 0.439 e. The molecule has 1 aliphatic heterocycles. The van der Waals surface area contributed by atoms with E-state index in [2.05, 4.69) is 11.9 Å². The molecule has 1 unspecified atom stereocenters. The Balaban J connectivity index is 1.91. The van der Waals surface area contributed by atoms with E-state index >= 15 is 0 Å². The molecule has 0 spiro atoms. The second-order valence-corrected chi connectivity index (χ2v) is 4.74. The lowest BCUT2D eigenvalue weighted by Gasteiger charge is -2.11. The van der Waals surface area contributed by atoms with Crippen LogP contribution in [-0.4, -0.2) is 23.4 Å². The third kappa shape index (κ3) is 3.91. The number of benzene rings is 1. The van der Waals surface area contributed by atoms with Gasteiger partial charge in [-0.3, -0.25) is 10.1 Å². The highest BCUT2D eigenvalue weighted by Crippen LogP contribution is 2.15. The van der Waals surface area contributed by atoms with Crippen LogP contribution in [0.3, 0.4) is 0 Å². The van der Waals surface area contributed by atoms with Crippen molar-refractivity contribution >= 4 is 5.90 Å². The maximum Gasteiger partial charge on any atom is 0.251 e. The summed E-state index contributed by atoms with van der Waals surface area (Å²) < 4.78 is 5.58. The number of rotatable bonds is 5. The molecule has 1 aromatic rings. The maximum absolute atomic E-state index is 10.6. The number of hydrogen-bond acceptors (Lipinski definition) is 4. The summed E-state index contributed by atoms with van der Waals surface area (Å²) in [6.07, 6.45) is 6.50. The molecule has 1 aliphatic rings. The van der Waals surface area contributed by atoms with E-state index in [4.69, 9.17) is 4.74 Å². The summed E-state index contributed by atoms with van der Waals surface area (Å²) in [6, 6.07) is 7.15. The van der Waals surface area contributed by atoms with Gasteiger partial charge in [0.25, 0.3) is 6.04 Å². The van der Waals surface area contributed by atoms with Crippen LogP contribution in [0, 0.1) is 10.1 Å². The second-order valence-electron chi connectivity index (χ2n) is 4.74. The number of ether oxygens (including phenoxy) is 1. The predicted molar refractivity (Wildman–Crippen MR) is 77.9 cm³/mol. The standard InChI is InChI=1S/C15H18N2O3/c1-2-3-4-12-5-8-14(9-6-12)20-15-10-7-13(11-16-15)17(18)19/h5-10,13H,2-4,11H2,1H3. The molecule has 0 radical (unpaired) electrons. The number of aryl methyl sites for hydroxylation is 1. The molecule has 5 heteroatoms. The molecule has 0 fully saturated rings. The first-order valence-corrected chi connectivity index (χ1v) is 6.82. The SMILES string of the molecule is CCCCc1ccc(OC2=NCC([N+](=O)[O-])C=C2)cc1. The number of hydrogen-bond donors (Lipinski definition) is 0. The Hall–Kier alpha value is -2.17. The monoisotopic (exact) mass is 274 g/mol. The maximum atomic E-state index is 10.6. The van der Waals surface area contributed by atoms with E-state index < -0.39 is 6.04 Å². The fourth-order valence-corrected chi connectivity index (χ4v) is 1.92. The van der Waals surface area contributed by atoms with Crippen LogP contribution in [0.2, 0.25) is 0 Å². The molecule has 0 amide bonds. The fourth-order valence-electron chi connectivity index (χ4n) is 1.92. The highest BCUT2D eigenvalue weighted by atomic mass is 16.6. The van der Waals surface area contributed by atoms with Gasteiger partial charge < -0.3 is 4.74 Å². The minimum absolute atomic E-state index is 0.132. The first kappa shape index (κ1) is 14.2. The summed E-state index contributed by atoms with van der Waals surface area (Å²) in [5.41, 5.74) is 1.29. The minimum Gasteiger partial charge on any atom is -0.439 e. The topological polar surface area (TPSA) is 64.7 Å². The highest BCUT2D eigenvalue weighted by molar-refractivity contribution is 5.90. The van der Waals surface area contributed by atoms with Gasteiger partial charge in [0, 0.05) is 11.0 Å². The zero-order valence-corrected chi connectivity index (χ0v) is 11.5. The third-order valence-corrected chi connectivity index (χ3v) is 3.13. The third-order valence-electron chi connectivity index (χ3n) is 3.13. The van der Waals surface area contributed by atoms with Crippen molar-refractivity contribution in [3.63, 3.8) is 0 Å². The molecule has 0 aromatic heterocycles. The Kier molecular flexibility index (Phi) is 4.87. The number of aliphatic imine (C=N–C) groups is 1. The Labute approximate surface area is 118 Å². The fraction of sp³-hybridized carbons (Fsp3) is 0.400. The quantitative estimate of drug-likeness (QED) is 0.612. The van der Waals surface area contributed by atoms with Crippen molar-refractivity contribution < 1.29 is 9.66 Å². The molecule has 0 saturated carbocycles. The summed E-state index contributed by atoms with van der Waals surface area (Å²) in [6.45, 7) is 2.30. The van der Waals surface area contributed by atoms with Gasteiger partial charge in [0.1, 0.15) is 12.3 Å². The van der Waals surface area contributed by atoms with Crippen LogP contribution in [0.1, 0.15) is 25.3 Å². The molecule has 0 aliphatic carbocycles. The van der Waals surface area contributed by atoms with Crippen LogP contribution in [0.4, 0.5) is 0 Å². The van der Waals surface area contributed by atoms with Gasteiger partial charge in [-0.1, -0.05) is 25.5 Å². The van der Waals surface area contributed by atoms with Gasteiger partial charge in [0.15, 0.2) is 0 Å². The van der Waals surface area contributed by atoms with Gasteiger partial charge in [-0.25, -0.2) is 4.99 Å². The predicted octanol–water partition coefficient (Wildman–Crippen LogP) is 3.02. The first-order valence-electron chi connectivity index (χ1n) is 6.82. The average molecular weight is 274 g/mol. The second kappa shape index (κ2) is 6.84. The zero-order chi connectivity index (χ0) is 14.4. The van der Waals surface area contributed by atoms with Gasteiger partial charge in [-0.05, 0) is 36.6 Å². The van der Waals surface area contributed by atoms with Crippen molar-refractivity contribution in [2.75, 3.05) is 6.54 Å². The van der Waals surface area contributed by atoms with Crippen LogP contribution < -0.4 is 4.74 Å². The number of dihydropyridines is 1. The number of nitrogens with zero attached hydrogens (tertiary/aromatic N) is 2. The van der Waals surface area contributed by atoms with Gasteiger partial charge in [-0.15, -0.1) is 0 Å². The van der Waals surface area contributed by atoms with E-state index in [1.165, 1.54) is 24.5 Å². The molecule has 1 atom stereocenters. The van der Waals surface area contributed by atoms with Crippen molar-refractivity contribution in [2.24, 2.45) is 4.99 Å². The molecule has 2 rings (SSSR count). The van der Waals surface area contributed by atoms with Crippen molar-refractivity contribution in [1.29, 1.82) is 0 Å². The lowest BCUT2D eigenvalue weighted by Crippen LogP contribution is -2.25. The van der Waals surface area contributed by atoms with E-state index in [9.17, 15) is 10.1 Å². The van der Waals surface area contributed by atoms with Gasteiger partial charge in [0.2, 0.25) is 5.90 Å². The van der Waals surface area contributed by atoms with Crippen molar-refractivity contribution in [1.82, 2.24) is 0 Å². The molecule has 0 bridgehead atoms. The van der Waals surface area contributed by atoms with Gasteiger partial charge >= 0.3 is 0 Å². The average Bonchev–Trinajstić information content (AvgIpc) is 2.47. The molecular weight excluding hydrogens is 256 g/mol. The summed E-state index contributed by atoms with van der Waals surface area (Å²) in [5.74, 6) is 1.12. The van der Waals surface area contributed by atoms with Crippen LogP contribution in [0.25, 0.3) is 0 Å². The summed E-state index contributed by atoms with van der Waals surface area (Å²) >= 11 is 0. The zero-order valence-electron chi connectivity index (χ0n) is 11.5. The molecular formula is C15H18N2O3. The molecule has 5 nitrogen and oxygen atoms in total. The Morgan fingerprint density at radius 1 is 1.40 bits per heavy atom. The normalized spacial score (nSPS) is 17.6. The van der Waals surface area contributed by atoms with Crippen molar-refractivity contribution in [3.8, 4) is 5.75 Å². The Morgan fingerprint density at radius 3 is 2.70 bits per heavy atom. The molecule has 1 heterocycles. The minimum atomic E-state index is -0.737. The van der Waals surface area contributed by atoms with Crippen molar-refractivity contribution in [2.45, 2.75) is 32.2 Å². The van der Waals surface area contributed by atoms with E-state index in [0.717, 1.165) is 6.42 Å². The van der Waals surface area contributed by atoms with E-state index in [1.807, 2.05) is 24.3 Å². The Morgan fingerprint density at radius 2 is 2.15 bits per heavy atom. The Bertz CT molecular complexity index is 520. The molecule has 20 heavy (non-hydrogen) atoms. The van der Waals surface area contributed by atoms with Crippen LogP contribution >= 0.6 is 0 Å². The van der Waals surface area contributed by atoms with E-state index in [-0.39, 0.29) is 11.5 Å². The van der Waals surface area contributed by atoms with E-state index in [0.29, 0.717) is 11.6 Å². The molecule has 0 saturated heterocycles. The highest BCUT2D eigenvalue weighted by Gasteiger charge is 2.19.